The number of alkyl halides is 3. The van der Waals surface area contributed by atoms with E-state index in [0.717, 1.165) is 58.8 Å². The number of para-hydroxylation sites is 1. The van der Waals surface area contributed by atoms with Gasteiger partial charge in [-0.05, 0) is 68.9 Å². The van der Waals surface area contributed by atoms with Gasteiger partial charge in [0.1, 0.15) is 23.7 Å². The Morgan fingerprint density at radius 3 is 2.58 bits per heavy atom. The number of ether oxygens (including phenoxy) is 2. The maximum Gasteiger partial charge on any atom is 0.573 e. The van der Waals surface area contributed by atoms with Crippen LogP contribution in [0.15, 0.2) is 47.0 Å². The molecule has 7 rings (SSSR count). The molecule has 2 aliphatic heterocycles. The van der Waals surface area contributed by atoms with Crippen LogP contribution in [0, 0.1) is 0 Å². The van der Waals surface area contributed by atoms with Crippen molar-refractivity contribution < 1.29 is 41.9 Å². The summed E-state index contributed by atoms with van der Waals surface area (Å²) in [4.78, 5) is 31.0. The third-order valence-corrected chi connectivity index (χ3v) is 9.67. The summed E-state index contributed by atoms with van der Waals surface area (Å²) >= 11 is 1.51. The molecular weight excluding hydrogens is 613 g/mol. The van der Waals surface area contributed by atoms with Crippen molar-refractivity contribution in [2.24, 2.45) is 0 Å². The lowest BCUT2D eigenvalue weighted by atomic mass is 10.00. The molecule has 10 nitrogen and oxygen atoms in total. The number of carbonyl (C=O) groups is 2. The highest BCUT2D eigenvalue weighted by molar-refractivity contribution is 7.22. The highest BCUT2D eigenvalue weighted by atomic mass is 32.1. The topological polar surface area (TPSA) is 118 Å². The normalized spacial score (nSPS) is 21.3. The number of thiazole rings is 1. The monoisotopic (exact) mass is 642 g/mol. The molecule has 2 saturated heterocycles. The molecule has 3 atom stereocenters. The van der Waals surface area contributed by atoms with Gasteiger partial charge in [-0.15, -0.1) is 13.2 Å². The first-order chi connectivity index (χ1) is 21.7. The van der Waals surface area contributed by atoms with Crippen molar-refractivity contribution >= 4 is 44.8 Å². The van der Waals surface area contributed by atoms with Crippen molar-refractivity contribution in [3.8, 4) is 17.0 Å². The zero-order chi connectivity index (χ0) is 31.3. The number of hydrogen-bond acceptors (Lipinski definition) is 9. The molecule has 4 heterocycles. The van der Waals surface area contributed by atoms with Crippen LogP contribution in [0.4, 0.5) is 24.0 Å². The predicted molar refractivity (Wildman–Crippen MR) is 158 cm³/mol. The third kappa shape index (κ3) is 6.08. The minimum absolute atomic E-state index is 0.0617. The summed E-state index contributed by atoms with van der Waals surface area (Å²) in [6.45, 7) is -0.257. The highest BCUT2D eigenvalue weighted by Gasteiger charge is 2.43. The van der Waals surface area contributed by atoms with Gasteiger partial charge in [0.05, 0.1) is 22.9 Å². The molecule has 14 heteroatoms. The van der Waals surface area contributed by atoms with Gasteiger partial charge in [0.2, 0.25) is 6.41 Å². The fourth-order valence-corrected chi connectivity index (χ4v) is 7.66. The SMILES string of the molecule is O=CN(CC(=O)O)c1ccc2nc(N3[C@@H]4CC[C@H]3CC(OCc3c(-c5ccccc5OC(F)(F)F)noc3C3CC3)C4)sc2c1. The van der Waals surface area contributed by atoms with Crippen molar-refractivity contribution in [2.45, 2.75) is 75.6 Å². The summed E-state index contributed by atoms with van der Waals surface area (Å²) in [5, 5.41) is 14.2. The zero-order valence-corrected chi connectivity index (χ0v) is 24.7. The molecule has 236 valence electrons. The average molecular weight is 643 g/mol. The summed E-state index contributed by atoms with van der Waals surface area (Å²) in [5.41, 5.74) is 2.45. The number of carboxylic acids is 1. The predicted octanol–water partition coefficient (Wildman–Crippen LogP) is 6.49. The van der Waals surface area contributed by atoms with Crippen LogP contribution < -0.4 is 14.5 Å². The number of carbonyl (C=O) groups excluding carboxylic acids is 1. The molecule has 0 radical (unpaired) electrons. The quantitative estimate of drug-likeness (QED) is 0.183. The van der Waals surface area contributed by atoms with Crippen LogP contribution in [0.5, 0.6) is 5.75 Å². The lowest BCUT2D eigenvalue weighted by molar-refractivity contribution is -0.274. The molecule has 1 saturated carbocycles. The number of nitrogens with zero attached hydrogens (tertiary/aromatic N) is 4. The van der Waals surface area contributed by atoms with Gasteiger partial charge < -0.3 is 28.9 Å². The second kappa shape index (κ2) is 11.6. The first-order valence-electron chi connectivity index (χ1n) is 14.7. The average Bonchev–Trinajstić information content (AvgIpc) is 3.52. The van der Waals surface area contributed by atoms with Crippen LogP contribution in [0.25, 0.3) is 21.5 Å². The Balaban J connectivity index is 1.07. The number of benzene rings is 2. The first kappa shape index (κ1) is 29.5. The second-order valence-electron chi connectivity index (χ2n) is 11.7. The fraction of sp³-hybridized carbons (Fsp3) is 0.419. The molecule has 45 heavy (non-hydrogen) atoms. The van der Waals surface area contributed by atoms with Gasteiger partial charge in [-0.25, -0.2) is 4.98 Å². The van der Waals surface area contributed by atoms with Gasteiger partial charge in [-0.2, -0.15) is 0 Å². The number of fused-ring (bicyclic) bond motifs is 3. The number of carboxylic acid groups (broad SMARTS) is 1. The summed E-state index contributed by atoms with van der Waals surface area (Å²) in [6, 6.07) is 11.6. The van der Waals surface area contributed by atoms with Crippen molar-refractivity contribution in [2.75, 3.05) is 16.3 Å². The first-order valence-corrected chi connectivity index (χ1v) is 15.6. The molecular formula is C31H29F3N4O6S. The zero-order valence-electron chi connectivity index (χ0n) is 23.9. The Hall–Kier alpha value is -4.17. The molecule has 2 bridgehead atoms. The van der Waals surface area contributed by atoms with E-state index in [1.165, 1.54) is 23.5 Å². The lowest BCUT2D eigenvalue weighted by Gasteiger charge is -2.38. The Kier molecular flexibility index (Phi) is 7.64. The minimum Gasteiger partial charge on any atom is -0.480 e. The molecule has 1 unspecified atom stereocenters. The van der Waals surface area contributed by atoms with E-state index in [2.05, 4.69) is 14.8 Å². The Bertz CT molecular complexity index is 1720. The summed E-state index contributed by atoms with van der Waals surface area (Å²) in [6.07, 6.45) is 0.966. The number of piperidine rings is 1. The Morgan fingerprint density at radius 2 is 1.89 bits per heavy atom. The van der Waals surface area contributed by atoms with Crippen LogP contribution in [0.1, 0.15) is 55.8 Å². The highest BCUT2D eigenvalue weighted by Crippen LogP contribution is 2.47. The summed E-state index contributed by atoms with van der Waals surface area (Å²) in [7, 11) is 0. The van der Waals surface area contributed by atoms with Crippen molar-refractivity contribution in [1.29, 1.82) is 0 Å². The van der Waals surface area contributed by atoms with Crippen LogP contribution in [0.2, 0.25) is 0 Å². The Labute approximate surface area is 259 Å². The van der Waals surface area contributed by atoms with Gasteiger partial charge >= 0.3 is 12.3 Å². The fourth-order valence-electron chi connectivity index (χ4n) is 6.52. The van der Waals surface area contributed by atoms with Crippen LogP contribution in [-0.2, 0) is 20.9 Å². The van der Waals surface area contributed by atoms with Gasteiger partial charge in [0, 0.05) is 34.8 Å². The van der Waals surface area contributed by atoms with E-state index in [0.29, 0.717) is 29.1 Å². The number of amides is 1. The summed E-state index contributed by atoms with van der Waals surface area (Å²) in [5.74, 6) is -0.589. The van der Waals surface area contributed by atoms with Crippen LogP contribution in [-0.4, -0.2) is 58.7 Å². The second-order valence-corrected chi connectivity index (χ2v) is 12.7. The molecule has 4 aromatic rings. The van der Waals surface area contributed by atoms with Crippen LogP contribution >= 0.6 is 11.3 Å². The van der Waals surface area contributed by atoms with E-state index in [9.17, 15) is 22.8 Å². The van der Waals surface area contributed by atoms with Crippen LogP contribution in [0.3, 0.4) is 0 Å². The molecule has 3 fully saturated rings. The standard InChI is InChI=1S/C31H29F3N4O6S/c32-31(33,34)43-25-4-2-1-3-22(25)28-23(29(44-36-28)17-5-6-17)15-42-21-11-19-7-8-20(12-21)38(19)30-35-24-10-9-18(13-26(24)45-30)37(16-39)14-27(40)41/h1-4,9-10,13,16-17,19-21H,5-8,11-12,14-15H2,(H,40,41)/t19-,20+,21?. The number of hydrogen-bond donors (Lipinski definition) is 1. The van der Waals surface area contributed by atoms with E-state index in [-0.39, 0.29) is 42.0 Å². The van der Waals surface area contributed by atoms with Gasteiger partial charge in [-0.1, -0.05) is 28.6 Å². The molecule has 1 N–H and O–H groups in total. The maximum absolute atomic E-state index is 13.1. The lowest BCUT2D eigenvalue weighted by Crippen LogP contribution is -2.45. The van der Waals surface area contributed by atoms with E-state index in [1.54, 1.807) is 30.3 Å². The van der Waals surface area contributed by atoms with Crippen molar-refractivity contribution in [1.82, 2.24) is 10.1 Å². The number of halogens is 3. The largest absolute Gasteiger partial charge is 0.573 e. The summed E-state index contributed by atoms with van der Waals surface area (Å²) < 4.78 is 56.7. The van der Waals surface area contributed by atoms with E-state index < -0.39 is 18.9 Å². The number of rotatable bonds is 11. The maximum atomic E-state index is 13.1. The number of aliphatic carboxylic acids is 1. The molecule has 2 aromatic heterocycles. The van der Waals surface area contributed by atoms with E-state index >= 15 is 0 Å². The number of anilines is 2. The Morgan fingerprint density at radius 1 is 1.13 bits per heavy atom. The van der Waals surface area contributed by atoms with Gasteiger partial charge in [-0.3, -0.25) is 9.59 Å². The third-order valence-electron chi connectivity index (χ3n) is 8.63. The molecule has 3 aliphatic rings. The molecule has 2 aromatic carbocycles. The van der Waals surface area contributed by atoms with Gasteiger partial charge in [0.25, 0.3) is 0 Å². The van der Waals surface area contributed by atoms with E-state index in [4.69, 9.17) is 19.4 Å². The van der Waals surface area contributed by atoms with Gasteiger partial charge in [0.15, 0.2) is 5.13 Å². The van der Waals surface area contributed by atoms with Crippen molar-refractivity contribution in [3.63, 3.8) is 0 Å². The molecule has 1 aliphatic carbocycles. The molecule has 1 amide bonds. The minimum atomic E-state index is -4.84. The van der Waals surface area contributed by atoms with E-state index in [1.807, 2.05) is 0 Å². The number of aromatic nitrogens is 2. The molecule has 0 spiro atoms. The smallest absolute Gasteiger partial charge is 0.480 e. The van der Waals surface area contributed by atoms with Crippen molar-refractivity contribution in [3.05, 3.63) is 53.8 Å².